The largest absolute Gasteiger partial charge is 0.506 e. The maximum absolute atomic E-state index is 11.8. The van der Waals surface area contributed by atoms with E-state index in [1.165, 1.54) is 0 Å². The van der Waals surface area contributed by atoms with E-state index in [-0.39, 0.29) is 23.0 Å². The van der Waals surface area contributed by atoms with Gasteiger partial charge in [0.2, 0.25) is 5.91 Å². The minimum absolute atomic E-state index is 0.0437. The van der Waals surface area contributed by atoms with Crippen LogP contribution in [-0.4, -0.2) is 15.6 Å². The Balaban J connectivity index is 1.98. The first kappa shape index (κ1) is 14.3. The lowest BCUT2D eigenvalue weighted by Crippen LogP contribution is -2.20. The molecular weight excluding hydrogens is 276 g/mol. The number of carbonyl (C=O) groups is 1. The summed E-state index contributed by atoms with van der Waals surface area (Å²) in [7, 11) is 0. The number of benzene rings is 1. The summed E-state index contributed by atoms with van der Waals surface area (Å²) in [6.45, 7) is 4.03. The summed E-state index contributed by atoms with van der Waals surface area (Å²) in [6.07, 6.45) is 0.185. The second-order valence-electron chi connectivity index (χ2n) is 4.61. The Hall–Kier alpha value is -2.08. The predicted molar refractivity (Wildman–Crippen MR) is 79.4 cm³/mol. The van der Waals surface area contributed by atoms with Crippen LogP contribution in [0, 0.1) is 13.8 Å². The molecule has 0 aliphatic carbocycles. The van der Waals surface area contributed by atoms with Crippen LogP contribution in [0.25, 0.3) is 0 Å². The topological polar surface area (TPSA) is 71.3 Å². The summed E-state index contributed by atoms with van der Waals surface area (Å²) in [6, 6.07) is 5.05. The molecule has 20 heavy (non-hydrogen) atoms. The molecule has 2 aromatic rings. The first-order valence-corrected chi connectivity index (χ1v) is 7.10. The Morgan fingerprint density at radius 3 is 2.75 bits per heavy atom. The van der Waals surface area contributed by atoms with Crippen molar-refractivity contribution in [3.05, 3.63) is 44.5 Å². The van der Waals surface area contributed by atoms with Gasteiger partial charge in [-0.15, -0.1) is 0 Å². The minimum Gasteiger partial charge on any atom is -0.506 e. The highest BCUT2D eigenvalue weighted by molar-refractivity contribution is 7.07. The molecule has 0 unspecified atom stereocenters. The number of anilines is 1. The van der Waals surface area contributed by atoms with Crippen molar-refractivity contribution < 1.29 is 9.90 Å². The number of rotatable bonds is 4. The van der Waals surface area contributed by atoms with E-state index in [4.69, 9.17) is 0 Å². The zero-order chi connectivity index (χ0) is 14.7. The van der Waals surface area contributed by atoms with Gasteiger partial charge in [0.1, 0.15) is 5.75 Å². The molecular formula is C14H16N2O3S. The molecule has 1 amide bonds. The fourth-order valence-electron chi connectivity index (χ4n) is 1.85. The number of amides is 1. The molecule has 1 heterocycles. The molecule has 0 atom stereocenters. The van der Waals surface area contributed by atoms with Gasteiger partial charge in [0.05, 0.1) is 5.69 Å². The van der Waals surface area contributed by atoms with Gasteiger partial charge in [-0.25, -0.2) is 0 Å². The first-order chi connectivity index (χ1) is 9.47. The molecule has 0 aliphatic heterocycles. The van der Waals surface area contributed by atoms with Crippen molar-refractivity contribution in [3.8, 4) is 5.75 Å². The zero-order valence-electron chi connectivity index (χ0n) is 11.3. The average Bonchev–Trinajstić information content (AvgIpc) is 2.70. The van der Waals surface area contributed by atoms with Gasteiger partial charge in [-0.2, -0.15) is 0 Å². The van der Waals surface area contributed by atoms with Gasteiger partial charge in [-0.05, 0) is 31.5 Å². The molecule has 1 aromatic carbocycles. The lowest BCUT2D eigenvalue weighted by Gasteiger charge is -2.08. The van der Waals surface area contributed by atoms with Crippen molar-refractivity contribution in [2.45, 2.75) is 26.8 Å². The predicted octanol–water partition coefficient (Wildman–Crippen LogP) is 2.26. The number of aromatic hydroxyl groups is 1. The third kappa shape index (κ3) is 3.27. The van der Waals surface area contributed by atoms with E-state index < -0.39 is 0 Å². The molecule has 1 aromatic heterocycles. The Bertz CT molecular complexity index is 688. The molecule has 0 saturated heterocycles. The third-order valence-electron chi connectivity index (χ3n) is 2.97. The first-order valence-electron chi connectivity index (χ1n) is 6.22. The number of nitrogens with zero attached hydrogens (tertiary/aromatic N) is 1. The van der Waals surface area contributed by atoms with Crippen molar-refractivity contribution >= 4 is 22.9 Å². The van der Waals surface area contributed by atoms with Crippen LogP contribution in [0.4, 0.5) is 5.69 Å². The lowest BCUT2D eigenvalue weighted by atomic mass is 10.2. The van der Waals surface area contributed by atoms with E-state index in [9.17, 15) is 14.7 Å². The van der Waals surface area contributed by atoms with E-state index >= 15 is 0 Å². The van der Waals surface area contributed by atoms with Crippen molar-refractivity contribution in [2.24, 2.45) is 0 Å². The molecule has 0 saturated carbocycles. The Kier molecular flexibility index (Phi) is 4.24. The van der Waals surface area contributed by atoms with Gasteiger partial charge in [0.15, 0.2) is 0 Å². The molecule has 6 heteroatoms. The van der Waals surface area contributed by atoms with Crippen molar-refractivity contribution in [2.75, 3.05) is 5.32 Å². The van der Waals surface area contributed by atoms with Crippen molar-refractivity contribution in [1.29, 1.82) is 0 Å². The summed E-state index contributed by atoms with van der Waals surface area (Å²) >= 11 is 1.13. The number of hydrogen-bond donors (Lipinski definition) is 2. The number of nitrogens with one attached hydrogen (secondary N) is 1. The fourth-order valence-corrected chi connectivity index (χ4v) is 2.61. The molecule has 5 nitrogen and oxygen atoms in total. The number of phenols is 1. The Morgan fingerprint density at radius 1 is 1.40 bits per heavy atom. The van der Waals surface area contributed by atoms with Gasteiger partial charge in [0, 0.05) is 24.0 Å². The number of carbonyl (C=O) groups excluding carboxylic acids is 1. The SMILES string of the molecule is Cc1ccc(NC(=O)CCn2c(C)csc2=O)c(O)c1. The monoisotopic (exact) mass is 292 g/mol. The highest BCUT2D eigenvalue weighted by Gasteiger charge is 2.09. The molecule has 106 valence electrons. The van der Waals surface area contributed by atoms with E-state index in [1.54, 1.807) is 22.1 Å². The van der Waals surface area contributed by atoms with E-state index in [0.717, 1.165) is 22.6 Å². The number of aryl methyl sites for hydroxylation is 2. The number of thiazole rings is 1. The van der Waals surface area contributed by atoms with Gasteiger partial charge in [-0.1, -0.05) is 17.4 Å². The standard InChI is InChI=1S/C14H16N2O3S/c1-9-3-4-11(12(17)7-9)15-13(18)5-6-16-10(2)8-20-14(16)19/h3-4,7-8,17H,5-6H2,1-2H3,(H,15,18). The van der Waals surface area contributed by atoms with Gasteiger partial charge < -0.3 is 15.0 Å². The molecule has 2 rings (SSSR count). The summed E-state index contributed by atoms with van der Waals surface area (Å²) < 4.78 is 1.57. The van der Waals surface area contributed by atoms with Crippen molar-refractivity contribution in [3.63, 3.8) is 0 Å². The molecule has 2 N–H and O–H groups in total. The second kappa shape index (κ2) is 5.92. The molecule has 0 fully saturated rings. The van der Waals surface area contributed by atoms with E-state index in [0.29, 0.717) is 12.2 Å². The molecule has 0 aliphatic rings. The van der Waals surface area contributed by atoms with Crippen LogP contribution in [-0.2, 0) is 11.3 Å². The Morgan fingerprint density at radius 2 is 2.15 bits per heavy atom. The fraction of sp³-hybridized carbons (Fsp3) is 0.286. The van der Waals surface area contributed by atoms with Crippen molar-refractivity contribution in [1.82, 2.24) is 4.57 Å². The maximum atomic E-state index is 11.8. The summed E-state index contributed by atoms with van der Waals surface area (Å²) in [5.74, 6) is -0.191. The van der Waals surface area contributed by atoms with Gasteiger partial charge >= 0.3 is 4.87 Å². The van der Waals surface area contributed by atoms with E-state index in [1.807, 2.05) is 19.9 Å². The summed E-state index contributed by atoms with van der Waals surface area (Å²) in [4.78, 5) is 23.3. The summed E-state index contributed by atoms with van der Waals surface area (Å²) in [5, 5.41) is 14.1. The summed E-state index contributed by atoms with van der Waals surface area (Å²) in [5.41, 5.74) is 2.15. The second-order valence-corrected chi connectivity index (χ2v) is 5.43. The average molecular weight is 292 g/mol. The lowest BCUT2D eigenvalue weighted by molar-refractivity contribution is -0.116. The van der Waals surface area contributed by atoms with Crippen LogP contribution < -0.4 is 10.2 Å². The highest BCUT2D eigenvalue weighted by Crippen LogP contribution is 2.23. The maximum Gasteiger partial charge on any atom is 0.307 e. The smallest absolute Gasteiger partial charge is 0.307 e. The Labute approximate surface area is 120 Å². The van der Waals surface area contributed by atoms with Crippen LogP contribution in [0.2, 0.25) is 0 Å². The number of hydrogen-bond acceptors (Lipinski definition) is 4. The molecule has 0 bridgehead atoms. The van der Waals surface area contributed by atoms with Crippen LogP contribution in [0.3, 0.4) is 0 Å². The van der Waals surface area contributed by atoms with Crippen LogP contribution in [0.5, 0.6) is 5.75 Å². The van der Waals surface area contributed by atoms with E-state index in [2.05, 4.69) is 5.32 Å². The zero-order valence-corrected chi connectivity index (χ0v) is 12.2. The highest BCUT2D eigenvalue weighted by atomic mass is 32.1. The van der Waals surface area contributed by atoms with Crippen LogP contribution >= 0.6 is 11.3 Å². The normalized spacial score (nSPS) is 10.5. The quantitative estimate of drug-likeness (QED) is 0.849. The number of phenolic OH excluding ortho intramolecular Hbond substituents is 1. The third-order valence-corrected chi connectivity index (χ3v) is 3.85. The van der Waals surface area contributed by atoms with Gasteiger partial charge in [0.25, 0.3) is 0 Å². The minimum atomic E-state index is -0.235. The van der Waals surface area contributed by atoms with Crippen LogP contribution in [0.15, 0.2) is 28.4 Å². The molecule has 0 spiro atoms. The van der Waals surface area contributed by atoms with Gasteiger partial charge in [-0.3, -0.25) is 9.59 Å². The molecule has 0 radical (unpaired) electrons. The van der Waals surface area contributed by atoms with Crippen LogP contribution in [0.1, 0.15) is 17.7 Å². The number of aromatic nitrogens is 1.